The van der Waals surface area contributed by atoms with Crippen molar-refractivity contribution in [2.75, 3.05) is 27.9 Å². The fourth-order valence-electron chi connectivity index (χ4n) is 10.9. The summed E-state index contributed by atoms with van der Waals surface area (Å²) < 4.78 is 70.0. The maximum atomic E-state index is 14.5. The van der Waals surface area contributed by atoms with Gasteiger partial charge in [0, 0.05) is 58.8 Å². The lowest BCUT2D eigenvalue weighted by Crippen LogP contribution is -2.58. The molecule has 0 aromatic heterocycles. The average Bonchev–Trinajstić information content (AvgIpc) is 3.59. The second-order valence-electron chi connectivity index (χ2n) is 19.2. The van der Waals surface area contributed by atoms with Crippen molar-refractivity contribution in [3.05, 3.63) is 59.3 Å². The molecule has 7 aliphatic rings. The summed E-state index contributed by atoms with van der Waals surface area (Å²) in [5.41, 5.74) is 0.626. The molecule has 354 valence electrons. The zero-order chi connectivity index (χ0) is 45.4. The molecule has 20 atom stereocenters. The lowest BCUT2D eigenvalue weighted by molar-refractivity contribution is -0.318. The molecule has 14 nitrogen and oxygen atoms in total. The summed E-state index contributed by atoms with van der Waals surface area (Å²) in [6, 6.07) is 0. The van der Waals surface area contributed by atoms with E-state index < -0.39 is 90.8 Å². The molecule has 7 rings (SSSR count). The van der Waals surface area contributed by atoms with Crippen LogP contribution in [0.4, 0.5) is 0 Å². The van der Waals surface area contributed by atoms with Crippen LogP contribution in [0.2, 0.25) is 0 Å². The number of rotatable bonds is 9. The largest absolute Gasteiger partial charge is 0.462 e. The normalized spacial score (nSPS) is 46.4. The standard InChI is InChI=1S/C49H74O14/c1-12-26(2)43-29(5)18-19-48(63-43)24-35-21-34(62-48)17-16-28(4)42(60-40-23-38(54-10)45(32(8)58-40)61-39-22-37(53-9)41(50)31(7)57-39)27(3)14-13-15-33-25-56-46-44(55-11)30(6)20-36(47(51)59-35)49(33,46)52/h13-16,18-20,26-27,29,31-32,34-46,50,52H,12,17,21-25H2,1-11H3/t26?,27-,29-,31-,32-,34+,35-,36-,37-,38-,39-,40-,41-,42-,43+,44+,45-,46+,48+,49+/m0/s1. The summed E-state index contributed by atoms with van der Waals surface area (Å²) in [7, 11) is 4.82. The van der Waals surface area contributed by atoms with Crippen LogP contribution >= 0.6 is 0 Å². The quantitative estimate of drug-likeness (QED) is 0.204. The molecule has 2 N–H and O–H groups in total. The van der Waals surface area contributed by atoms with Crippen LogP contribution in [0.25, 0.3) is 0 Å². The van der Waals surface area contributed by atoms with Gasteiger partial charge in [-0.3, -0.25) is 4.79 Å². The Morgan fingerprint density at radius 3 is 2.29 bits per heavy atom. The van der Waals surface area contributed by atoms with Crippen molar-refractivity contribution in [2.24, 2.45) is 23.7 Å². The summed E-state index contributed by atoms with van der Waals surface area (Å²) in [5, 5.41) is 23.2. The Hall–Kier alpha value is -2.31. The van der Waals surface area contributed by atoms with Gasteiger partial charge in [-0.15, -0.1) is 0 Å². The van der Waals surface area contributed by atoms with E-state index in [1.165, 1.54) is 0 Å². The van der Waals surface area contributed by atoms with E-state index in [1.807, 2.05) is 38.2 Å². The van der Waals surface area contributed by atoms with Crippen molar-refractivity contribution in [1.29, 1.82) is 0 Å². The smallest absolute Gasteiger partial charge is 0.316 e. The molecule has 0 aromatic carbocycles. The average molecular weight is 887 g/mol. The van der Waals surface area contributed by atoms with Gasteiger partial charge < -0.3 is 62.3 Å². The molecular weight excluding hydrogens is 813 g/mol. The van der Waals surface area contributed by atoms with E-state index in [1.54, 1.807) is 34.3 Å². The van der Waals surface area contributed by atoms with Gasteiger partial charge in [0.1, 0.15) is 42.0 Å². The number of carbonyl (C=O) groups excluding carboxylic acids is 1. The van der Waals surface area contributed by atoms with Crippen LogP contribution in [-0.2, 0) is 56.9 Å². The van der Waals surface area contributed by atoms with Gasteiger partial charge in [-0.2, -0.15) is 0 Å². The second-order valence-corrected chi connectivity index (χ2v) is 19.2. The topological polar surface area (TPSA) is 159 Å². The highest BCUT2D eigenvalue weighted by atomic mass is 16.7. The van der Waals surface area contributed by atoms with Crippen LogP contribution in [0.1, 0.15) is 93.9 Å². The molecule has 1 aliphatic carbocycles. The van der Waals surface area contributed by atoms with E-state index in [4.69, 9.17) is 52.1 Å². The molecule has 14 heteroatoms. The summed E-state index contributed by atoms with van der Waals surface area (Å²) >= 11 is 0. The summed E-state index contributed by atoms with van der Waals surface area (Å²) in [4.78, 5) is 14.5. The maximum Gasteiger partial charge on any atom is 0.316 e. The number of hydrogen-bond donors (Lipinski definition) is 2. The van der Waals surface area contributed by atoms with Crippen molar-refractivity contribution in [1.82, 2.24) is 0 Å². The van der Waals surface area contributed by atoms with Crippen LogP contribution in [0.3, 0.4) is 0 Å². The van der Waals surface area contributed by atoms with E-state index in [-0.39, 0.29) is 42.7 Å². The van der Waals surface area contributed by atoms with Crippen molar-refractivity contribution in [2.45, 2.75) is 191 Å². The first-order valence-electron chi connectivity index (χ1n) is 23.2. The predicted molar refractivity (Wildman–Crippen MR) is 232 cm³/mol. The third-order valence-electron chi connectivity index (χ3n) is 14.7. The molecule has 6 heterocycles. The molecule has 6 aliphatic heterocycles. The molecule has 1 unspecified atom stereocenters. The molecule has 0 aromatic rings. The van der Waals surface area contributed by atoms with E-state index in [9.17, 15) is 15.0 Å². The number of ether oxygens (including phenoxy) is 11. The van der Waals surface area contributed by atoms with Gasteiger partial charge in [-0.05, 0) is 62.8 Å². The van der Waals surface area contributed by atoms with E-state index in [2.05, 4.69) is 46.8 Å². The Labute approximate surface area is 374 Å². The van der Waals surface area contributed by atoms with Crippen molar-refractivity contribution in [3.63, 3.8) is 0 Å². The van der Waals surface area contributed by atoms with Gasteiger partial charge >= 0.3 is 5.97 Å². The zero-order valence-electron chi connectivity index (χ0n) is 39.2. The number of methoxy groups -OCH3 is 3. The van der Waals surface area contributed by atoms with Gasteiger partial charge in [0.25, 0.3) is 0 Å². The van der Waals surface area contributed by atoms with Gasteiger partial charge in [0.2, 0.25) is 0 Å². The molecule has 63 heavy (non-hydrogen) atoms. The third kappa shape index (κ3) is 10.0. The second kappa shape index (κ2) is 20.3. The molecular formula is C49H74O14. The molecule has 1 spiro atoms. The Kier molecular flexibility index (Phi) is 15.7. The van der Waals surface area contributed by atoms with Crippen molar-refractivity contribution < 1.29 is 67.1 Å². The lowest BCUT2D eigenvalue weighted by atomic mass is 9.70. The number of allylic oxidation sites excluding steroid dienone is 2. The first-order chi connectivity index (χ1) is 30.0. The van der Waals surface area contributed by atoms with E-state index in [0.717, 1.165) is 17.6 Å². The first-order valence-corrected chi connectivity index (χ1v) is 23.2. The number of carbonyl (C=O) groups is 1. The van der Waals surface area contributed by atoms with Gasteiger partial charge in [-0.1, -0.05) is 70.6 Å². The van der Waals surface area contributed by atoms with Crippen molar-refractivity contribution in [3.8, 4) is 0 Å². The molecule has 4 fully saturated rings. The zero-order valence-corrected chi connectivity index (χ0v) is 39.2. The number of esters is 1. The van der Waals surface area contributed by atoms with Crippen LogP contribution < -0.4 is 0 Å². The maximum absolute atomic E-state index is 14.5. The van der Waals surface area contributed by atoms with E-state index in [0.29, 0.717) is 37.7 Å². The first kappa shape index (κ1) is 48.6. The number of fused-ring (bicyclic) bond motifs is 2. The number of aliphatic hydroxyl groups excluding tert-OH is 1. The minimum absolute atomic E-state index is 0.0805. The molecule has 2 bridgehead atoms. The minimum atomic E-state index is -1.71. The Bertz CT molecular complexity index is 1740. The fraction of sp³-hybridized carbons (Fsp3) is 0.776. The van der Waals surface area contributed by atoms with Gasteiger partial charge in [0.05, 0.1) is 49.3 Å². The summed E-state index contributed by atoms with van der Waals surface area (Å²) in [5.74, 6) is -2.35. The van der Waals surface area contributed by atoms with Crippen LogP contribution in [0.15, 0.2) is 59.3 Å². The molecule has 0 saturated carbocycles. The molecule has 0 amide bonds. The van der Waals surface area contributed by atoms with Gasteiger partial charge in [0.15, 0.2) is 18.4 Å². The number of aliphatic hydroxyl groups is 2. The molecule has 4 saturated heterocycles. The highest BCUT2D eigenvalue weighted by Crippen LogP contribution is 2.48. The van der Waals surface area contributed by atoms with Gasteiger partial charge in [-0.25, -0.2) is 0 Å². The number of hydrogen-bond acceptors (Lipinski definition) is 14. The Balaban J connectivity index is 1.19. The fourth-order valence-corrected chi connectivity index (χ4v) is 10.9. The van der Waals surface area contributed by atoms with E-state index >= 15 is 0 Å². The van der Waals surface area contributed by atoms with Crippen LogP contribution in [-0.4, -0.2) is 141 Å². The molecule has 0 radical (unpaired) electrons. The van der Waals surface area contributed by atoms with Crippen LogP contribution in [0.5, 0.6) is 0 Å². The van der Waals surface area contributed by atoms with Crippen molar-refractivity contribution >= 4 is 5.97 Å². The summed E-state index contributed by atoms with van der Waals surface area (Å²) in [6.07, 6.45) is 9.95. The highest BCUT2D eigenvalue weighted by Gasteiger charge is 2.60. The minimum Gasteiger partial charge on any atom is -0.462 e. The SMILES string of the molecule is CCC(C)[C@H]1O[C@]2(C=C[C@@H]1C)C[C@@H]1C[C@@H](CC=C(C)[C@@H](O[C@H]3C[C@H](OC)[C@@H](O[C@H]4C[C@H](OC)[C@@H](O)[C@H](C)O4)[C@H](C)O3)[C@@H](C)C=CC=C3CO[C@@H]4[C@H](OC)C(C)=C[C@@H](C(=O)O1)[C@]34O)O2. The third-order valence-corrected chi connectivity index (χ3v) is 14.7. The summed E-state index contributed by atoms with van der Waals surface area (Å²) in [6.45, 7) is 16.4. The predicted octanol–water partition coefficient (Wildman–Crippen LogP) is 6.03. The monoisotopic (exact) mass is 887 g/mol. The highest BCUT2D eigenvalue weighted by molar-refractivity contribution is 5.78. The Morgan fingerprint density at radius 2 is 1.57 bits per heavy atom. The van der Waals surface area contributed by atoms with Crippen LogP contribution in [0, 0.1) is 23.7 Å². The lowest BCUT2D eigenvalue weighted by Gasteiger charge is -2.48. The Morgan fingerprint density at radius 1 is 0.857 bits per heavy atom.